The number of rotatable bonds is 3. The molecule has 0 radical (unpaired) electrons. The molecule has 1 saturated heterocycles. The van der Waals surface area contributed by atoms with Gasteiger partial charge in [-0.2, -0.15) is 0 Å². The second-order valence-electron chi connectivity index (χ2n) is 4.91. The molecule has 0 aromatic heterocycles. The Bertz CT molecular complexity index is 413. The van der Waals surface area contributed by atoms with Crippen LogP contribution >= 0.6 is 27.5 Å². The minimum atomic E-state index is 0.318. The van der Waals surface area contributed by atoms with Crippen molar-refractivity contribution in [3.05, 3.63) is 28.2 Å². The predicted molar refractivity (Wildman–Crippen MR) is 80.5 cm³/mol. The Morgan fingerprint density at radius 3 is 2.89 bits per heavy atom. The molecule has 1 fully saturated rings. The Labute approximate surface area is 122 Å². The summed E-state index contributed by atoms with van der Waals surface area (Å²) in [5, 5.41) is 0. The van der Waals surface area contributed by atoms with Crippen LogP contribution in [-0.4, -0.2) is 26.3 Å². The maximum atomic E-state index is 5.85. The number of hydrogen-bond donors (Lipinski definition) is 0. The van der Waals surface area contributed by atoms with Crippen LogP contribution in [0.5, 0.6) is 0 Å². The van der Waals surface area contributed by atoms with E-state index in [1.807, 2.05) is 0 Å². The molecule has 100 valence electrons. The third kappa shape index (κ3) is 3.01. The topological polar surface area (TPSA) is 12.5 Å². The standard InChI is InChI=1S/C14H19BrClNO/c1-10-5-6-17(9-14(10)18-2)13-4-3-11(8-16)7-12(13)15/h3-4,7,10,14H,5-6,8-9H2,1-2H3. The molecular weight excluding hydrogens is 314 g/mol. The molecule has 2 atom stereocenters. The van der Waals surface area contributed by atoms with Crippen molar-refractivity contribution < 1.29 is 4.74 Å². The number of ether oxygens (including phenoxy) is 1. The van der Waals surface area contributed by atoms with Crippen LogP contribution in [0.25, 0.3) is 0 Å². The van der Waals surface area contributed by atoms with Crippen molar-refractivity contribution in [2.24, 2.45) is 5.92 Å². The molecule has 4 heteroatoms. The average Bonchev–Trinajstić information content (AvgIpc) is 2.39. The van der Waals surface area contributed by atoms with Crippen LogP contribution in [0, 0.1) is 5.92 Å². The molecule has 2 nitrogen and oxygen atoms in total. The number of benzene rings is 1. The molecule has 1 aliphatic heterocycles. The van der Waals surface area contributed by atoms with Crippen LogP contribution < -0.4 is 4.90 Å². The molecule has 18 heavy (non-hydrogen) atoms. The van der Waals surface area contributed by atoms with Crippen LogP contribution in [-0.2, 0) is 10.6 Å². The maximum Gasteiger partial charge on any atom is 0.0772 e. The molecule has 1 aliphatic rings. The third-order valence-electron chi connectivity index (χ3n) is 3.70. The van der Waals surface area contributed by atoms with Crippen molar-refractivity contribution in [1.82, 2.24) is 0 Å². The van der Waals surface area contributed by atoms with Gasteiger partial charge in [0.1, 0.15) is 0 Å². The van der Waals surface area contributed by atoms with Crippen LogP contribution in [0.4, 0.5) is 5.69 Å². The van der Waals surface area contributed by atoms with E-state index in [4.69, 9.17) is 16.3 Å². The number of halogens is 2. The van der Waals surface area contributed by atoms with Gasteiger partial charge in [-0.3, -0.25) is 0 Å². The molecule has 1 aromatic carbocycles. The summed E-state index contributed by atoms with van der Waals surface area (Å²) in [5.74, 6) is 1.18. The third-order valence-corrected chi connectivity index (χ3v) is 4.64. The first-order valence-electron chi connectivity index (χ1n) is 6.28. The summed E-state index contributed by atoms with van der Waals surface area (Å²) >= 11 is 9.49. The van der Waals surface area contributed by atoms with Gasteiger partial charge in [0, 0.05) is 30.6 Å². The molecule has 2 rings (SSSR count). The van der Waals surface area contributed by atoms with Crippen LogP contribution in [0.1, 0.15) is 18.9 Å². The highest BCUT2D eigenvalue weighted by molar-refractivity contribution is 9.10. The van der Waals surface area contributed by atoms with E-state index in [0.717, 1.165) is 23.1 Å². The van der Waals surface area contributed by atoms with Gasteiger partial charge in [0.25, 0.3) is 0 Å². The quantitative estimate of drug-likeness (QED) is 0.774. The number of piperidine rings is 1. The first-order valence-corrected chi connectivity index (χ1v) is 7.60. The number of nitrogens with zero attached hydrogens (tertiary/aromatic N) is 1. The molecule has 0 saturated carbocycles. The summed E-state index contributed by atoms with van der Waals surface area (Å²) in [4.78, 5) is 2.39. The van der Waals surface area contributed by atoms with Crippen molar-refractivity contribution in [2.45, 2.75) is 25.3 Å². The van der Waals surface area contributed by atoms with Crippen LogP contribution in [0.2, 0.25) is 0 Å². The summed E-state index contributed by atoms with van der Waals surface area (Å²) < 4.78 is 6.68. The largest absolute Gasteiger partial charge is 0.379 e. The first kappa shape index (κ1) is 14.2. The van der Waals surface area contributed by atoms with Gasteiger partial charge < -0.3 is 9.64 Å². The zero-order valence-corrected chi connectivity index (χ0v) is 13.2. The summed E-state index contributed by atoms with van der Waals surface area (Å²) in [6.45, 7) is 4.30. The van der Waals surface area contributed by atoms with Crippen molar-refractivity contribution >= 4 is 33.2 Å². The Kier molecular flexibility index (Phi) is 4.93. The molecule has 1 aromatic rings. The van der Waals surface area contributed by atoms with E-state index in [1.54, 1.807) is 7.11 Å². The summed E-state index contributed by atoms with van der Waals surface area (Å²) in [7, 11) is 1.80. The van der Waals surface area contributed by atoms with E-state index in [2.05, 4.69) is 46.0 Å². The van der Waals surface area contributed by atoms with Gasteiger partial charge in [-0.25, -0.2) is 0 Å². The van der Waals surface area contributed by atoms with Crippen molar-refractivity contribution in [3.63, 3.8) is 0 Å². The second kappa shape index (κ2) is 6.27. The molecule has 0 spiro atoms. The summed E-state index contributed by atoms with van der Waals surface area (Å²) in [5.41, 5.74) is 2.37. The molecule has 2 unspecified atom stereocenters. The molecule has 0 amide bonds. The lowest BCUT2D eigenvalue weighted by Gasteiger charge is -2.38. The number of methoxy groups -OCH3 is 1. The van der Waals surface area contributed by atoms with E-state index in [-0.39, 0.29) is 0 Å². The fourth-order valence-corrected chi connectivity index (χ4v) is 3.29. The molecule has 0 N–H and O–H groups in total. The van der Waals surface area contributed by atoms with E-state index in [0.29, 0.717) is 17.9 Å². The van der Waals surface area contributed by atoms with Crippen molar-refractivity contribution in [2.75, 3.05) is 25.1 Å². The summed E-state index contributed by atoms with van der Waals surface area (Å²) in [6.07, 6.45) is 1.49. The van der Waals surface area contributed by atoms with Gasteiger partial charge in [0.15, 0.2) is 0 Å². The van der Waals surface area contributed by atoms with Crippen molar-refractivity contribution in [1.29, 1.82) is 0 Å². The monoisotopic (exact) mass is 331 g/mol. The SMILES string of the molecule is COC1CN(c2ccc(CCl)cc2Br)CCC1C. The fraction of sp³-hybridized carbons (Fsp3) is 0.571. The Morgan fingerprint density at radius 1 is 1.50 bits per heavy atom. The van der Waals surface area contributed by atoms with Crippen LogP contribution in [0.3, 0.4) is 0 Å². The highest BCUT2D eigenvalue weighted by Gasteiger charge is 2.26. The average molecular weight is 333 g/mol. The minimum absolute atomic E-state index is 0.318. The van der Waals surface area contributed by atoms with Gasteiger partial charge in [0.2, 0.25) is 0 Å². The Balaban J connectivity index is 2.16. The zero-order chi connectivity index (χ0) is 13.1. The van der Waals surface area contributed by atoms with Crippen LogP contribution in [0.15, 0.2) is 22.7 Å². The van der Waals surface area contributed by atoms with E-state index in [9.17, 15) is 0 Å². The van der Waals surface area contributed by atoms with E-state index in [1.165, 1.54) is 12.1 Å². The molecular formula is C14H19BrClNO. The summed E-state index contributed by atoms with van der Waals surface area (Å²) in [6, 6.07) is 6.33. The molecule has 1 heterocycles. The normalized spacial score (nSPS) is 24.3. The molecule has 0 bridgehead atoms. The maximum absolute atomic E-state index is 5.85. The number of anilines is 1. The number of alkyl halides is 1. The first-order chi connectivity index (χ1) is 8.65. The van der Waals surface area contributed by atoms with Gasteiger partial charge in [-0.15, -0.1) is 11.6 Å². The predicted octanol–water partition coefficient (Wildman–Crippen LogP) is 4.05. The van der Waals surface area contributed by atoms with Gasteiger partial charge >= 0.3 is 0 Å². The lowest BCUT2D eigenvalue weighted by atomic mass is 9.95. The smallest absolute Gasteiger partial charge is 0.0772 e. The van der Waals surface area contributed by atoms with E-state index < -0.39 is 0 Å². The fourth-order valence-electron chi connectivity index (χ4n) is 2.45. The minimum Gasteiger partial charge on any atom is -0.379 e. The highest BCUT2D eigenvalue weighted by Crippen LogP contribution is 2.31. The lowest BCUT2D eigenvalue weighted by Crippen LogP contribution is -2.44. The lowest BCUT2D eigenvalue weighted by molar-refractivity contribution is 0.0498. The number of hydrogen-bond acceptors (Lipinski definition) is 2. The Morgan fingerprint density at radius 2 is 2.28 bits per heavy atom. The van der Waals surface area contributed by atoms with E-state index >= 15 is 0 Å². The zero-order valence-electron chi connectivity index (χ0n) is 10.8. The Hall–Kier alpha value is -0.250. The van der Waals surface area contributed by atoms with Crippen molar-refractivity contribution in [3.8, 4) is 0 Å². The highest BCUT2D eigenvalue weighted by atomic mass is 79.9. The van der Waals surface area contributed by atoms with Gasteiger partial charge in [-0.05, 0) is 46.0 Å². The second-order valence-corrected chi connectivity index (χ2v) is 6.03. The van der Waals surface area contributed by atoms with Gasteiger partial charge in [-0.1, -0.05) is 13.0 Å². The molecule has 0 aliphatic carbocycles. The van der Waals surface area contributed by atoms with Gasteiger partial charge in [0.05, 0.1) is 11.8 Å².